The molecule has 6 heteroatoms. The Morgan fingerprint density at radius 1 is 1.25 bits per heavy atom. The molecule has 0 saturated heterocycles. The molecule has 3 nitrogen and oxygen atoms in total. The molecule has 0 spiro atoms. The van der Waals surface area contributed by atoms with E-state index in [2.05, 4.69) is 21.2 Å². The number of carbonyl (C=O) groups is 1. The number of nitrogens with zero attached hydrogens (tertiary/aromatic N) is 1. The topological polar surface area (TPSA) is 52.9 Å². The van der Waals surface area contributed by atoms with E-state index in [1.165, 1.54) is 6.07 Å². The molecule has 100 valence electrons. The highest BCUT2D eigenvalue weighted by molar-refractivity contribution is 9.10. The van der Waals surface area contributed by atoms with Crippen LogP contribution in [0.5, 0.6) is 0 Å². The molecule has 2 aromatic carbocycles. The molecule has 0 aliphatic rings. The van der Waals surface area contributed by atoms with Crippen LogP contribution in [-0.4, -0.2) is 5.91 Å². The van der Waals surface area contributed by atoms with Crippen molar-refractivity contribution in [2.75, 3.05) is 5.32 Å². The van der Waals surface area contributed by atoms with Crippen molar-refractivity contribution in [1.29, 1.82) is 5.26 Å². The van der Waals surface area contributed by atoms with E-state index in [-0.39, 0.29) is 0 Å². The third-order valence-electron chi connectivity index (χ3n) is 2.54. The van der Waals surface area contributed by atoms with E-state index in [9.17, 15) is 4.79 Å². The lowest BCUT2D eigenvalue weighted by Gasteiger charge is -2.09. The molecule has 1 N–H and O–H groups in total. The summed E-state index contributed by atoms with van der Waals surface area (Å²) in [6, 6.07) is 11.7. The van der Waals surface area contributed by atoms with Gasteiger partial charge < -0.3 is 5.32 Å². The van der Waals surface area contributed by atoms with E-state index in [1.54, 1.807) is 30.3 Å². The van der Waals surface area contributed by atoms with Crippen LogP contribution in [0.2, 0.25) is 10.0 Å². The lowest BCUT2D eigenvalue weighted by molar-refractivity contribution is 0.102. The first-order valence-corrected chi connectivity index (χ1v) is 7.03. The normalized spacial score (nSPS) is 9.90. The SMILES string of the molecule is N#Cc1ccc(Cl)c(NC(=O)c2cccc(Br)c2Cl)c1. The minimum atomic E-state index is -0.395. The summed E-state index contributed by atoms with van der Waals surface area (Å²) in [5, 5.41) is 12.2. The zero-order valence-electron chi connectivity index (χ0n) is 9.95. The number of rotatable bonds is 2. The lowest BCUT2D eigenvalue weighted by atomic mass is 10.2. The zero-order valence-corrected chi connectivity index (χ0v) is 13.1. The van der Waals surface area contributed by atoms with Crippen LogP contribution in [-0.2, 0) is 0 Å². The van der Waals surface area contributed by atoms with E-state index in [0.717, 1.165) is 0 Å². The van der Waals surface area contributed by atoms with Crippen LogP contribution in [0.25, 0.3) is 0 Å². The van der Waals surface area contributed by atoms with Gasteiger partial charge in [-0.1, -0.05) is 29.3 Å². The number of hydrogen-bond acceptors (Lipinski definition) is 2. The van der Waals surface area contributed by atoms with Crippen LogP contribution in [0.1, 0.15) is 15.9 Å². The Balaban J connectivity index is 2.33. The highest BCUT2D eigenvalue weighted by Gasteiger charge is 2.14. The molecule has 2 rings (SSSR count). The van der Waals surface area contributed by atoms with Crippen LogP contribution in [0.3, 0.4) is 0 Å². The summed E-state index contributed by atoms with van der Waals surface area (Å²) in [4.78, 5) is 12.2. The molecule has 0 aromatic heterocycles. The quantitative estimate of drug-likeness (QED) is 0.820. The predicted molar refractivity (Wildman–Crippen MR) is 83.3 cm³/mol. The minimum absolute atomic E-state index is 0.317. The molecule has 2 aromatic rings. The monoisotopic (exact) mass is 368 g/mol. The maximum Gasteiger partial charge on any atom is 0.257 e. The largest absolute Gasteiger partial charge is 0.321 e. The summed E-state index contributed by atoms with van der Waals surface area (Å²) in [5.41, 5.74) is 1.09. The van der Waals surface area contributed by atoms with Crippen molar-refractivity contribution >= 4 is 50.7 Å². The molecule has 0 unspecified atom stereocenters. The van der Waals surface area contributed by atoms with E-state index in [1.807, 2.05) is 6.07 Å². The molecule has 1 amide bonds. The number of anilines is 1. The molecule has 0 saturated carbocycles. The van der Waals surface area contributed by atoms with Crippen LogP contribution >= 0.6 is 39.1 Å². The van der Waals surface area contributed by atoms with Gasteiger partial charge in [0.15, 0.2) is 0 Å². The Morgan fingerprint density at radius 3 is 2.70 bits per heavy atom. The molecular formula is C14H7BrCl2N2O. The van der Waals surface area contributed by atoms with E-state index < -0.39 is 5.91 Å². The average molecular weight is 370 g/mol. The van der Waals surface area contributed by atoms with Crippen molar-refractivity contribution in [3.8, 4) is 6.07 Å². The van der Waals surface area contributed by atoms with Crippen molar-refractivity contribution in [3.05, 3.63) is 62.0 Å². The summed E-state index contributed by atoms with van der Waals surface area (Å²) in [5.74, 6) is -0.395. The van der Waals surface area contributed by atoms with Gasteiger partial charge in [0.2, 0.25) is 0 Å². The maximum atomic E-state index is 12.2. The molecule has 0 heterocycles. The number of nitriles is 1. The van der Waals surface area contributed by atoms with Gasteiger partial charge in [0, 0.05) is 4.47 Å². The number of benzene rings is 2. The predicted octanol–water partition coefficient (Wildman–Crippen LogP) is 4.88. The van der Waals surface area contributed by atoms with Gasteiger partial charge in [0.25, 0.3) is 5.91 Å². The first-order chi connectivity index (χ1) is 9.52. The van der Waals surface area contributed by atoms with Gasteiger partial charge >= 0.3 is 0 Å². The Hall–Kier alpha value is -1.54. The number of nitrogens with one attached hydrogen (secondary N) is 1. The molecule has 0 aliphatic carbocycles. The molecular weight excluding hydrogens is 363 g/mol. The highest BCUT2D eigenvalue weighted by Crippen LogP contribution is 2.28. The third-order valence-corrected chi connectivity index (χ3v) is 4.17. The average Bonchev–Trinajstić information content (AvgIpc) is 2.44. The molecule has 0 atom stereocenters. The van der Waals surface area contributed by atoms with Crippen LogP contribution in [0, 0.1) is 11.3 Å². The molecule has 0 bridgehead atoms. The lowest BCUT2D eigenvalue weighted by Crippen LogP contribution is -2.13. The van der Waals surface area contributed by atoms with Gasteiger partial charge in [0.1, 0.15) is 0 Å². The van der Waals surface area contributed by atoms with Crippen molar-refractivity contribution in [3.63, 3.8) is 0 Å². The Kier molecular flexibility index (Phi) is 4.66. The molecule has 0 radical (unpaired) electrons. The second-order valence-electron chi connectivity index (χ2n) is 3.86. The Morgan fingerprint density at radius 2 is 2.00 bits per heavy atom. The Bertz CT molecular complexity index is 726. The molecule has 0 aliphatic heterocycles. The second-order valence-corrected chi connectivity index (χ2v) is 5.50. The van der Waals surface area contributed by atoms with Gasteiger partial charge in [-0.25, -0.2) is 0 Å². The smallest absolute Gasteiger partial charge is 0.257 e. The van der Waals surface area contributed by atoms with Crippen LogP contribution in [0.15, 0.2) is 40.9 Å². The van der Waals surface area contributed by atoms with Crippen molar-refractivity contribution in [2.45, 2.75) is 0 Å². The van der Waals surface area contributed by atoms with Crippen LogP contribution in [0.4, 0.5) is 5.69 Å². The minimum Gasteiger partial charge on any atom is -0.321 e. The fraction of sp³-hybridized carbons (Fsp3) is 0. The van der Waals surface area contributed by atoms with Gasteiger partial charge in [-0.2, -0.15) is 5.26 Å². The fourth-order valence-electron chi connectivity index (χ4n) is 1.56. The van der Waals surface area contributed by atoms with Gasteiger partial charge in [-0.3, -0.25) is 4.79 Å². The van der Waals surface area contributed by atoms with E-state index in [0.29, 0.717) is 31.3 Å². The number of carbonyl (C=O) groups excluding carboxylic acids is 1. The van der Waals surface area contributed by atoms with Crippen LogP contribution < -0.4 is 5.32 Å². The van der Waals surface area contributed by atoms with Gasteiger partial charge in [-0.05, 0) is 46.3 Å². The van der Waals surface area contributed by atoms with Crippen molar-refractivity contribution in [1.82, 2.24) is 0 Å². The van der Waals surface area contributed by atoms with Gasteiger partial charge in [-0.15, -0.1) is 0 Å². The second kappa shape index (κ2) is 6.27. The summed E-state index contributed by atoms with van der Waals surface area (Å²) in [7, 11) is 0. The standard InChI is InChI=1S/C14H7BrCl2N2O/c15-10-3-1-2-9(13(10)17)14(20)19-12-6-8(7-18)4-5-11(12)16/h1-6H,(H,19,20). The van der Waals surface area contributed by atoms with Crippen molar-refractivity contribution in [2.24, 2.45) is 0 Å². The first kappa shape index (κ1) is 14.9. The molecule has 20 heavy (non-hydrogen) atoms. The summed E-state index contributed by atoms with van der Waals surface area (Å²) in [6.45, 7) is 0. The number of halogens is 3. The maximum absolute atomic E-state index is 12.2. The summed E-state index contributed by atoms with van der Waals surface area (Å²) >= 11 is 15.3. The Labute approximate surface area is 134 Å². The fourth-order valence-corrected chi connectivity index (χ4v) is 2.30. The summed E-state index contributed by atoms with van der Waals surface area (Å²) in [6.07, 6.45) is 0. The molecule has 0 fully saturated rings. The first-order valence-electron chi connectivity index (χ1n) is 5.48. The zero-order chi connectivity index (χ0) is 14.7. The van der Waals surface area contributed by atoms with E-state index in [4.69, 9.17) is 28.5 Å². The van der Waals surface area contributed by atoms with Gasteiger partial charge in [0.05, 0.1) is 32.9 Å². The number of hydrogen-bond donors (Lipinski definition) is 1. The van der Waals surface area contributed by atoms with E-state index >= 15 is 0 Å². The van der Waals surface area contributed by atoms with Crippen molar-refractivity contribution < 1.29 is 4.79 Å². The summed E-state index contributed by atoms with van der Waals surface area (Å²) < 4.78 is 0.628. The number of amides is 1. The third kappa shape index (κ3) is 3.13. The highest BCUT2D eigenvalue weighted by atomic mass is 79.9.